The Morgan fingerprint density at radius 3 is 2.41 bits per heavy atom. The first kappa shape index (κ1) is 27.4. The summed E-state index contributed by atoms with van der Waals surface area (Å²) in [6.45, 7) is 7.20. The average molecular weight is 536 g/mol. The summed E-state index contributed by atoms with van der Waals surface area (Å²) in [5.41, 5.74) is 6.13. The fraction of sp³-hybridized carbons (Fsp3) is 0.370. The van der Waals surface area contributed by atoms with Crippen molar-refractivity contribution in [2.75, 3.05) is 17.6 Å². The van der Waals surface area contributed by atoms with E-state index < -0.39 is 23.0 Å². The lowest BCUT2D eigenvalue weighted by molar-refractivity contribution is -0.672. The van der Waals surface area contributed by atoms with E-state index in [1.165, 1.54) is 6.07 Å². The fourth-order valence-corrected chi connectivity index (χ4v) is 4.65. The monoisotopic (exact) mass is 535 g/mol. The van der Waals surface area contributed by atoms with Gasteiger partial charge >= 0.3 is 12.0 Å². The van der Waals surface area contributed by atoms with Gasteiger partial charge in [0.2, 0.25) is 11.0 Å². The molecule has 0 aliphatic rings. The minimum Gasteiger partial charge on any atom is -0.739 e. The van der Waals surface area contributed by atoms with Gasteiger partial charge in [-0.1, -0.05) is 30.3 Å². The number of ether oxygens (including phenoxy) is 1. The first-order valence-electron chi connectivity index (χ1n) is 12.7. The van der Waals surface area contributed by atoms with Crippen LogP contribution in [0.25, 0.3) is 21.9 Å². The second-order valence-corrected chi connectivity index (χ2v) is 10.6. The molecule has 0 saturated heterocycles. The number of hydrogen-bond acceptors (Lipinski definition) is 8. The molecule has 2 heterocycles. The predicted molar refractivity (Wildman–Crippen MR) is 146 cm³/mol. The molecule has 12 nitrogen and oxygen atoms in total. The Morgan fingerprint density at radius 2 is 1.69 bits per heavy atom. The van der Waals surface area contributed by atoms with Gasteiger partial charge < -0.3 is 25.9 Å². The van der Waals surface area contributed by atoms with Crippen LogP contribution in [0.2, 0.25) is 0 Å². The first-order valence-corrected chi connectivity index (χ1v) is 12.7. The molecular weight excluding hydrogens is 502 g/mol. The van der Waals surface area contributed by atoms with Crippen LogP contribution in [0, 0.1) is 10.4 Å². The van der Waals surface area contributed by atoms with Gasteiger partial charge in [-0.3, -0.25) is 15.4 Å². The molecule has 1 atom stereocenters. The number of para-hydroxylation sites is 3. The van der Waals surface area contributed by atoms with E-state index in [1.807, 2.05) is 24.3 Å². The van der Waals surface area contributed by atoms with Crippen molar-refractivity contribution in [3.63, 3.8) is 0 Å². The number of nitrogens with one attached hydrogen (secondary N) is 3. The topological polar surface area (TPSA) is 176 Å². The molecule has 5 N–H and O–H groups in total. The minimum absolute atomic E-state index is 0.116. The number of imide groups is 1. The van der Waals surface area contributed by atoms with Crippen molar-refractivity contribution in [3.05, 3.63) is 64.5 Å². The van der Waals surface area contributed by atoms with Crippen molar-refractivity contribution >= 4 is 45.7 Å². The summed E-state index contributed by atoms with van der Waals surface area (Å²) < 4.78 is 5.87. The Balaban J connectivity index is 1.51. The van der Waals surface area contributed by atoms with Crippen molar-refractivity contribution in [1.82, 2.24) is 15.4 Å². The maximum atomic E-state index is 13.6. The number of nitrogen functional groups attached to an aromatic ring is 1. The first-order chi connectivity index (χ1) is 18.4. The Kier molecular flexibility index (Phi) is 7.48. The van der Waals surface area contributed by atoms with Gasteiger partial charge in [-0.15, -0.1) is 0 Å². The van der Waals surface area contributed by atoms with E-state index in [2.05, 4.69) is 20.7 Å². The molecule has 4 aromatic rings. The molecule has 0 aliphatic heterocycles. The van der Waals surface area contributed by atoms with Gasteiger partial charge in [0, 0.05) is 27.4 Å². The molecule has 12 heteroatoms. The van der Waals surface area contributed by atoms with Gasteiger partial charge in [0.1, 0.15) is 11.4 Å². The highest BCUT2D eigenvalue weighted by atomic mass is 16.6. The molecule has 2 aromatic heterocycles. The van der Waals surface area contributed by atoms with Crippen molar-refractivity contribution < 1.29 is 23.9 Å². The van der Waals surface area contributed by atoms with Crippen LogP contribution >= 0.6 is 0 Å². The Bertz CT molecular complexity index is 1530. The lowest BCUT2D eigenvalue weighted by atomic mass is 9.76. The third-order valence-corrected chi connectivity index (χ3v) is 6.47. The van der Waals surface area contributed by atoms with E-state index in [9.17, 15) is 20.0 Å². The van der Waals surface area contributed by atoms with E-state index in [0.717, 1.165) is 10.9 Å². The Morgan fingerprint density at radius 1 is 1.03 bits per heavy atom. The lowest BCUT2D eigenvalue weighted by Gasteiger charge is -2.29. The zero-order valence-electron chi connectivity index (χ0n) is 22.4. The average Bonchev–Trinajstić information content (AvgIpc) is 3.21. The van der Waals surface area contributed by atoms with Crippen LogP contribution in [-0.4, -0.2) is 34.2 Å². The van der Waals surface area contributed by atoms with Gasteiger partial charge in [0.25, 0.3) is 5.52 Å². The third-order valence-electron chi connectivity index (χ3n) is 6.47. The van der Waals surface area contributed by atoms with E-state index in [1.54, 1.807) is 45.9 Å². The number of H-pyrrole nitrogens is 1. The normalized spacial score (nSPS) is 13.2. The molecule has 2 aromatic carbocycles. The SMILES string of the molecule is CC(C)(C)OC(=O)NC(=O)[C@@](C)(CCCCNc1n[n+]([O-])c2ccccc2[n+]1[O-])c1c(N)[nH]c2ccccc12. The number of nitrogens with zero attached hydrogens (tertiary/aromatic N) is 3. The van der Waals surface area contributed by atoms with Crippen LogP contribution in [-0.2, 0) is 14.9 Å². The van der Waals surface area contributed by atoms with E-state index in [0.29, 0.717) is 46.8 Å². The molecule has 0 fully saturated rings. The zero-order valence-corrected chi connectivity index (χ0v) is 22.4. The molecule has 0 unspecified atom stereocenters. The van der Waals surface area contributed by atoms with Gasteiger partial charge in [-0.2, -0.15) is 0 Å². The van der Waals surface area contributed by atoms with Gasteiger partial charge in [0.05, 0.1) is 12.0 Å². The molecular formula is C27H33N7O5. The van der Waals surface area contributed by atoms with E-state index in [4.69, 9.17) is 10.5 Å². The zero-order chi connectivity index (χ0) is 28.4. The van der Waals surface area contributed by atoms with E-state index >= 15 is 0 Å². The summed E-state index contributed by atoms with van der Waals surface area (Å²) in [6, 6.07) is 13.8. The summed E-state index contributed by atoms with van der Waals surface area (Å²) in [5.74, 6) is -0.318. The third kappa shape index (κ3) is 5.79. The maximum Gasteiger partial charge on any atom is 0.460 e. The highest BCUT2D eigenvalue weighted by molar-refractivity contribution is 6.03. The summed E-state index contributed by atoms with van der Waals surface area (Å²) >= 11 is 0. The fourth-order valence-electron chi connectivity index (χ4n) is 4.65. The van der Waals surface area contributed by atoms with Crippen molar-refractivity contribution in [1.29, 1.82) is 0 Å². The highest BCUT2D eigenvalue weighted by Crippen LogP contribution is 2.39. The lowest BCUT2D eigenvalue weighted by Crippen LogP contribution is -2.47. The number of carbonyl (C=O) groups excluding carboxylic acids is 2. The number of nitrogens with two attached hydrogens (primary N) is 1. The molecule has 0 saturated carbocycles. The molecule has 0 radical (unpaired) electrons. The molecule has 0 aliphatic carbocycles. The molecule has 39 heavy (non-hydrogen) atoms. The number of rotatable bonds is 8. The predicted octanol–water partition coefficient (Wildman–Crippen LogP) is 3.16. The number of alkyl carbamates (subject to hydrolysis) is 1. The van der Waals surface area contributed by atoms with Crippen molar-refractivity contribution in [3.8, 4) is 0 Å². The number of unbranched alkanes of at least 4 members (excludes halogenated alkanes) is 1. The quantitative estimate of drug-likeness (QED) is 0.151. The molecule has 0 spiro atoms. The summed E-state index contributed by atoms with van der Waals surface area (Å²) in [5, 5.41) is 34.7. The van der Waals surface area contributed by atoms with Gasteiger partial charge in [-0.05, 0) is 59.1 Å². The van der Waals surface area contributed by atoms with Gasteiger partial charge in [0.15, 0.2) is 5.52 Å². The summed E-state index contributed by atoms with van der Waals surface area (Å²) in [6.07, 6.45) is 0.547. The van der Waals surface area contributed by atoms with Crippen LogP contribution < -0.4 is 25.9 Å². The number of amides is 2. The van der Waals surface area contributed by atoms with Crippen LogP contribution in [0.4, 0.5) is 16.6 Å². The largest absolute Gasteiger partial charge is 0.739 e. The second kappa shape index (κ2) is 10.6. The Hall–Kier alpha value is -4.61. The molecule has 2 amide bonds. The highest BCUT2D eigenvalue weighted by Gasteiger charge is 2.40. The second-order valence-electron chi connectivity index (χ2n) is 10.6. The number of fused-ring (bicyclic) bond motifs is 2. The van der Waals surface area contributed by atoms with Crippen LogP contribution in [0.1, 0.15) is 52.5 Å². The van der Waals surface area contributed by atoms with E-state index in [-0.39, 0.29) is 17.0 Å². The molecule has 4 rings (SSSR count). The van der Waals surface area contributed by atoms with Crippen molar-refractivity contribution in [2.45, 2.75) is 58.0 Å². The Labute approximate surface area is 225 Å². The van der Waals surface area contributed by atoms with Gasteiger partial charge in [-0.25, -0.2) is 9.52 Å². The number of benzene rings is 2. The number of hydrogen-bond donors (Lipinski definition) is 4. The maximum absolute atomic E-state index is 13.6. The summed E-state index contributed by atoms with van der Waals surface area (Å²) in [4.78, 5) is 29.5. The standard InChI is InChI=1S/C27H33N7O5/c1-26(2,3)39-25(36)31-23(35)27(4,21-17-11-5-6-12-18(17)30-22(21)28)15-9-10-16-29-24-32-34(38)20-14-8-7-13-19(20)33(24)37/h5-8,11-14,30H,9-10,15-16,28H2,1-4H3,(H,29,32)(H,31,35,36)/t27-/m0/s1. The number of anilines is 2. The molecule has 206 valence electrons. The molecule has 0 bridgehead atoms. The number of aromatic amines is 1. The summed E-state index contributed by atoms with van der Waals surface area (Å²) in [7, 11) is 0. The van der Waals surface area contributed by atoms with Crippen LogP contribution in [0.15, 0.2) is 48.5 Å². The number of carbonyl (C=O) groups is 2. The number of aromatic nitrogens is 4. The smallest absolute Gasteiger partial charge is 0.460 e. The minimum atomic E-state index is -1.18. The van der Waals surface area contributed by atoms with Crippen LogP contribution in [0.5, 0.6) is 0 Å². The van der Waals surface area contributed by atoms with Crippen molar-refractivity contribution in [2.24, 2.45) is 0 Å². The van der Waals surface area contributed by atoms with Crippen LogP contribution in [0.3, 0.4) is 0 Å².